The zero-order chi connectivity index (χ0) is 13.2. The van der Waals surface area contributed by atoms with Crippen molar-refractivity contribution < 1.29 is 0 Å². The number of aryl methyl sites for hydroxylation is 2. The lowest BCUT2D eigenvalue weighted by atomic mass is 9.95. The zero-order valence-electron chi connectivity index (χ0n) is 11.1. The molecule has 1 aliphatic carbocycles. The second-order valence-electron chi connectivity index (χ2n) is 5.31. The van der Waals surface area contributed by atoms with Crippen LogP contribution in [0.2, 0.25) is 0 Å². The van der Waals surface area contributed by atoms with Crippen LogP contribution in [0.4, 0.5) is 0 Å². The molecular formula is C17H20N2. The summed E-state index contributed by atoms with van der Waals surface area (Å²) in [5, 5.41) is 0. The summed E-state index contributed by atoms with van der Waals surface area (Å²) in [5.41, 5.74) is 18.5. The van der Waals surface area contributed by atoms with Gasteiger partial charge in [-0.15, -0.1) is 0 Å². The Balaban J connectivity index is 1.92. The zero-order valence-corrected chi connectivity index (χ0v) is 11.1. The van der Waals surface area contributed by atoms with E-state index in [4.69, 9.17) is 11.5 Å². The molecule has 3 rings (SSSR count). The molecule has 0 amide bonds. The molecule has 2 aromatic rings. The van der Waals surface area contributed by atoms with Gasteiger partial charge >= 0.3 is 0 Å². The topological polar surface area (TPSA) is 52.0 Å². The van der Waals surface area contributed by atoms with Crippen molar-refractivity contribution in [2.45, 2.75) is 31.8 Å². The van der Waals surface area contributed by atoms with Crippen molar-refractivity contribution in [2.24, 2.45) is 11.5 Å². The molecule has 0 radical (unpaired) electrons. The summed E-state index contributed by atoms with van der Waals surface area (Å²) in [4.78, 5) is 0. The number of rotatable bonds is 3. The van der Waals surface area contributed by atoms with Crippen LogP contribution < -0.4 is 11.5 Å². The second kappa shape index (κ2) is 5.16. The standard InChI is InChI=1S/C17H20N2/c18-11-12-3-1-6-15(9-12)17(19)16-8-7-13-4-2-5-14(13)10-16/h1,3,6-10,17H,2,4-5,11,18-19H2. The highest BCUT2D eigenvalue weighted by Gasteiger charge is 2.14. The first-order valence-electron chi connectivity index (χ1n) is 6.94. The molecule has 0 saturated heterocycles. The quantitative estimate of drug-likeness (QED) is 0.882. The van der Waals surface area contributed by atoms with E-state index in [9.17, 15) is 0 Å². The predicted octanol–water partition coefficient (Wildman–Crippen LogP) is 2.68. The van der Waals surface area contributed by atoms with Gasteiger partial charge in [0.25, 0.3) is 0 Å². The monoisotopic (exact) mass is 252 g/mol. The molecule has 1 atom stereocenters. The maximum atomic E-state index is 6.39. The lowest BCUT2D eigenvalue weighted by molar-refractivity contribution is 0.862. The van der Waals surface area contributed by atoms with Gasteiger partial charge in [-0.25, -0.2) is 0 Å². The number of hydrogen-bond donors (Lipinski definition) is 2. The number of benzene rings is 2. The molecule has 1 aliphatic rings. The lowest BCUT2D eigenvalue weighted by Crippen LogP contribution is -2.13. The van der Waals surface area contributed by atoms with E-state index in [2.05, 4.69) is 30.3 Å². The van der Waals surface area contributed by atoms with Crippen LogP contribution in [0.1, 0.15) is 40.3 Å². The summed E-state index contributed by atoms with van der Waals surface area (Å²) < 4.78 is 0. The minimum atomic E-state index is -0.0580. The van der Waals surface area contributed by atoms with E-state index in [1.54, 1.807) is 0 Å². The maximum absolute atomic E-state index is 6.39. The van der Waals surface area contributed by atoms with Gasteiger partial charge in [-0.05, 0) is 47.1 Å². The summed E-state index contributed by atoms with van der Waals surface area (Å²) in [7, 11) is 0. The Hall–Kier alpha value is -1.64. The van der Waals surface area contributed by atoms with Gasteiger partial charge in [-0.1, -0.05) is 42.5 Å². The summed E-state index contributed by atoms with van der Waals surface area (Å²) >= 11 is 0. The van der Waals surface area contributed by atoms with Crippen molar-refractivity contribution in [2.75, 3.05) is 0 Å². The molecule has 1 unspecified atom stereocenters. The largest absolute Gasteiger partial charge is 0.326 e. The third-order valence-corrected chi connectivity index (χ3v) is 4.03. The molecule has 0 heterocycles. The van der Waals surface area contributed by atoms with Crippen molar-refractivity contribution in [1.29, 1.82) is 0 Å². The summed E-state index contributed by atoms with van der Waals surface area (Å²) in [6.45, 7) is 0.560. The van der Waals surface area contributed by atoms with Crippen LogP contribution in [0.15, 0.2) is 42.5 Å². The molecule has 0 aliphatic heterocycles. The molecule has 0 bridgehead atoms. The highest BCUT2D eigenvalue weighted by Crippen LogP contribution is 2.27. The first kappa shape index (κ1) is 12.4. The average molecular weight is 252 g/mol. The highest BCUT2D eigenvalue weighted by atomic mass is 14.6. The van der Waals surface area contributed by atoms with Crippen LogP contribution in [0, 0.1) is 0 Å². The Morgan fingerprint density at radius 1 is 0.947 bits per heavy atom. The van der Waals surface area contributed by atoms with Gasteiger partial charge < -0.3 is 11.5 Å². The molecule has 4 N–H and O–H groups in total. The van der Waals surface area contributed by atoms with Crippen LogP contribution >= 0.6 is 0 Å². The van der Waals surface area contributed by atoms with Gasteiger partial charge in [0.2, 0.25) is 0 Å². The van der Waals surface area contributed by atoms with Crippen molar-refractivity contribution in [1.82, 2.24) is 0 Å². The fourth-order valence-electron chi connectivity index (χ4n) is 2.89. The Bertz CT molecular complexity index is 590. The Morgan fingerprint density at radius 3 is 2.58 bits per heavy atom. The van der Waals surface area contributed by atoms with Crippen LogP contribution in [0.25, 0.3) is 0 Å². The van der Waals surface area contributed by atoms with E-state index in [0.717, 1.165) is 11.1 Å². The van der Waals surface area contributed by atoms with Crippen LogP contribution in [0.3, 0.4) is 0 Å². The van der Waals surface area contributed by atoms with Gasteiger partial charge in [0.15, 0.2) is 0 Å². The molecule has 0 saturated carbocycles. The number of fused-ring (bicyclic) bond motifs is 1. The SMILES string of the molecule is NCc1cccc(C(N)c2ccc3c(c2)CCC3)c1. The second-order valence-corrected chi connectivity index (χ2v) is 5.31. The summed E-state index contributed by atoms with van der Waals surface area (Å²) in [6.07, 6.45) is 3.68. The first-order chi connectivity index (χ1) is 9.28. The van der Waals surface area contributed by atoms with E-state index >= 15 is 0 Å². The maximum Gasteiger partial charge on any atom is 0.0551 e. The van der Waals surface area contributed by atoms with Gasteiger partial charge in [0.05, 0.1) is 6.04 Å². The third kappa shape index (κ3) is 2.42. The van der Waals surface area contributed by atoms with E-state index < -0.39 is 0 Å². The fourth-order valence-corrected chi connectivity index (χ4v) is 2.89. The van der Waals surface area contributed by atoms with Crippen LogP contribution in [-0.2, 0) is 19.4 Å². The fraction of sp³-hybridized carbons (Fsp3) is 0.294. The predicted molar refractivity (Wildman–Crippen MR) is 78.8 cm³/mol. The normalized spacial score (nSPS) is 15.3. The van der Waals surface area contributed by atoms with E-state index in [-0.39, 0.29) is 6.04 Å². The van der Waals surface area contributed by atoms with E-state index in [0.29, 0.717) is 6.54 Å². The lowest BCUT2D eigenvalue weighted by Gasteiger charge is -2.15. The first-order valence-corrected chi connectivity index (χ1v) is 6.94. The molecule has 98 valence electrons. The van der Waals surface area contributed by atoms with Crippen molar-refractivity contribution in [3.05, 3.63) is 70.3 Å². The van der Waals surface area contributed by atoms with Crippen molar-refractivity contribution >= 4 is 0 Å². The molecule has 2 heteroatoms. The number of nitrogens with two attached hydrogens (primary N) is 2. The highest BCUT2D eigenvalue weighted by molar-refractivity contribution is 5.40. The Kier molecular flexibility index (Phi) is 3.36. The Labute approximate surface area is 114 Å². The van der Waals surface area contributed by atoms with Crippen molar-refractivity contribution in [3.63, 3.8) is 0 Å². The molecule has 19 heavy (non-hydrogen) atoms. The van der Waals surface area contributed by atoms with Gasteiger partial charge in [-0.3, -0.25) is 0 Å². The molecular weight excluding hydrogens is 232 g/mol. The minimum absolute atomic E-state index is 0.0580. The molecule has 0 fully saturated rings. The van der Waals surface area contributed by atoms with E-state index in [1.807, 2.05) is 12.1 Å². The Morgan fingerprint density at radius 2 is 1.74 bits per heavy atom. The summed E-state index contributed by atoms with van der Waals surface area (Å²) in [6, 6.07) is 14.9. The van der Waals surface area contributed by atoms with Crippen molar-refractivity contribution in [3.8, 4) is 0 Å². The molecule has 0 spiro atoms. The van der Waals surface area contributed by atoms with Gasteiger partial charge in [0.1, 0.15) is 0 Å². The third-order valence-electron chi connectivity index (χ3n) is 4.03. The van der Waals surface area contributed by atoms with Crippen LogP contribution in [0.5, 0.6) is 0 Å². The number of hydrogen-bond acceptors (Lipinski definition) is 2. The minimum Gasteiger partial charge on any atom is -0.326 e. The average Bonchev–Trinajstić information content (AvgIpc) is 2.94. The smallest absolute Gasteiger partial charge is 0.0551 e. The van der Waals surface area contributed by atoms with Crippen LogP contribution in [-0.4, -0.2) is 0 Å². The molecule has 2 nitrogen and oxygen atoms in total. The molecule has 0 aromatic heterocycles. The van der Waals surface area contributed by atoms with Gasteiger partial charge in [-0.2, -0.15) is 0 Å². The van der Waals surface area contributed by atoms with Gasteiger partial charge in [0, 0.05) is 6.54 Å². The molecule has 2 aromatic carbocycles. The summed E-state index contributed by atoms with van der Waals surface area (Å²) in [5.74, 6) is 0. The van der Waals surface area contributed by atoms with E-state index in [1.165, 1.54) is 36.0 Å².